The standard InChI is InChI=1S/C24H28O5/c1-22(2,26)10-8-15-19-14-9-11-24(15,5)29-21-13-6-7-18(25)27-16(13)12-17(20(19)21)28-23(14,3)4/h6-8,10,12,14-15,19,26H,9,11H2,1-5H3/b10-8+/t14-,15-,19+,24+/m1/s1. The zero-order valence-electron chi connectivity index (χ0n) is 17.6. The van der Waals surface area contributed by atoms with Gasteiger partial charge in [-0.3, -0.25) is 0 Å². The summed E-state index contributed by atoms with van der Waals surface area (Å²) in [6.07, 6.45) is 5.93. The van der Waals surface area contributed by atoms with E-state index in [1.807, 2.05) is 12.1 Å². The molecule has 1 saturated carbocycles. The molecule has 5 heteroatoms. The molecule has 3 aliphatic rings. The molecule has 4 atom stereocenters. The number of fused-ring (bicyclic) bond motifs is 3. The minimum atomic E-state index is -0.883. The number of hydrogen-bond donors (Lipinski definition) is 1. The van der Waals surface area contributed by atoms with E-state index in [0.29, 0.717) is 11.5 Å². The SMILES string of the molecule is CC(C)(O)/C=C/[C@@H]1[C@H]2c3c4cc5oc(=O)ccc5c3O[C@@]1(C)CC[C@H]2C(C)(C)O4. The molecule has 2 bridgehead atoms. The summed E-state index contributed by atoms with van der Waals surface area (Å²) < 4.78 is 18.6. The van der Waals surface area contributed by atoms with Crippen molar-refractivity contribution in [1.82, 2.24) is 0 Å². The topological polar surface area (TPSA) is 68.9 Å². The molecule has 5 nitrogen and oxygen atoms in total. The van der Waals surface area contributed by atoms with E-state index in [0.717, 1.165) is 35.3 Å². The van der Waals surface area contributed by atoms with E-state index >= 15 is 0 Å². The lowest BCUT2D eigenvalue weighted by Crippen LogP contribution is -2.58. The molecule has 5 rings (SSSR count). The highest BCUT2D eigenvalue weighted by Gasteiger charge is 2.59. The van der Waals surface area contributed by atoms with Crippen LogP contribution in [0.3, 0.4) is 0 Å². The summed E-state index contributed by atoms with van der Waals surface area (Å²) >= 11 is 0. The molecule has 0 unspecified atom stereocenters. The summed E-state index contributed by atoms with van der Waals surface area (Å²) in [5.41, 5.74) is -0.453. The fraction of sp³-hybridized carbons (Fsp3) is 0.542. The molecule has 2 aliphatic heterocycles. The highest BCUT2D eigenvalue weighted by molar-refractivity contribution is 5.88. The quantitative estimate of drug-likeness (QED) is 0.596. The van der Waals surface area contributed by atoms with Crippen molar-refractivity contribution in [3.8, 4) is 11.5 Å². The Morgan fingerprint density at radius 1 is 1.21 bits per heavy atom. The molecule has 0 spiro atoms. The van der Waals surface area contributed by atoms with Crippen molar-refractivity contribution in [3.63, 3.8) is 0 Å². The van der Waals surface area contributed by atoms with E-state index in [1.165, 1.54) is 6.07 Å². The molecule has 0 radical (unpaired) electrons. The predicted octanol–water partition coefficient (Wildman–Crippen LogP) is 4.55. The Balaban J connectivity index is 1.80. The normalized spacial score (nSPS) is 32.1. The van der Waals surface area contributed by atoms with Crippen LogP contribution in [0.4, 0.5) is 0 Å². The number of ether oxygens (including phenoxy) is 2. The van der Waals surface area contributed by atoms with Gasteiger partial charge in [0, 0.05) is 35.4 Å². The third-order valence-corrected chi connectivity index (χ3v) is 7.00. The Labute approximate surface area is 170 Å². The number of hydrogen-bond acceptors (Lipinski definition) is 5. The van der Waals surface area contributed by atoms with Gasteiger partial charge >= 0.3 is 5.63 Å². The Morgan fingerprint density at radius 2 is 1.97 bits per heavy atom. The minimum Gasteiger partial charge on any atom is -0.487 e. The average Bonchev–Trinajstić information content (AvgIpc) is 2.57. The van der Waals surface area contributed by atoms with E-state index in [2.05, 4.69) is 26.8 Å². The first-order valence-electron chi connectivity index (χ1n) is 10.4. The van der Waals surface area contributed by atoms with Crippen LogP contribution in [0.5, 0.6) is 11.5 Å². The zero-order chi connectivity index (χ0) is 20.8. The van der Waals surface area contributed by atoms with Crippen LogP contribution in [0.25, 0.3) is 11.0 Å². The first-order chi connectivity index (χ1) is 13.5. The third kappa shape index (κ3) is 2.74. The second kappa shape index (κ2) is 5.66. The minimum absolute atomic E-state index is 0.121. The lowest BCUT2D eigenvalue weighted by molar-refractivity contribution is -0.0970. The monoisotopic (exact) mass is 396 g/mol. The van der Waals surface area contributed by atoms with Crippen LogP contribution >= 0.6 is 0 Å². The summed E-state index contributed by atoms with van der Waals surface area (Å²) in [6.45, 7) is 10.0. The van der Waals surface area contributed by atoms with E-state index < -0.39 is 11.2 Å². The van der Waals surface area contributed by atoms with Gasteiger partial charge in [0.25, 0.3) is 0 Å². The molecule has 29 heavy (non-hydrogen) atoms. The summed E-state index contributed by atoms with van der Waals surface area (Å²) in [5, 5.41) is 11.1. The molecule has 3 heterocycles. The summed E-state index contributed by atoms with van der Waals surface area (Å²) in [7, 11) is 0. The fourth-order valence-electron chi connectivity index (χ4n) is 5.64. The first kappa shape index (κ1) is 18.7. The van der Waals surface area contributed by atoms with Gasteiger partial charge in [-0.2, -0.15) is 0 Å². The summed E-state index contributed by atoms with van der Waals surface area (Å²) in [6, 6.07) is 5.07. The molecule has 1 N–H and O–H groups in total. The van der Waals surface area contributed by atoms with Crippen LogP contribution < -0.4 is 15.1 Å². The molecule has 2 aromatic rings. The van der Waals surface area contributed by atoms with Gasteiger partial charge in [0.15, 0.2) is 0 Å². The Bertz CT molecular complexity index is 1090. The van der Waals surface area contributed by atoms with E-state index in [1.54, 1.807) is 19.9 Å². The summed E-state index contributed by atoms with van der Waals surface area (Å²) in [4.78, 5) is 11.8. The second-order valence-electron chi connectivity index (χ2n) is 10.1. The Kier molecular flexibility index (Phi) is 3.66. The Hall–Kier alpha value is -2.27. The number of benzene rings is 1. The highest BCUT2D eigenvalue weighted by Crippen LogP contribution is 2.64. The van der Waals surface area contributed by atoms with Crippen molar-refractivity contribution in [1.29, 1.82) is 0 Å². The van der Waals surface area contributed by atoms with Crippen LogP contribution in [0.15, 0.2) is 39.6 Å². The van der Waals surface area contributed by atoms with Crippen molar-refractivity contribution in [2.75, 3.05) is 0 Å². The lowest BCUT2D eigenvalue weighted by atomic mass is 9.56. The van der Waals surface area contributed by atoms with Crippen molar-refractivity contribution >= 4 is 11.0 Å². The van der Waals surface area contributed by atoms with E-state index in [4.69, 9.17) is 13.9 Å². The van der Waals surface area contributed by atoms with Gasteiger partial charge in [-0.25, -0.2) is 4.79 Å². The lowest BCUT2D eigenvalue weighted by Gasteiger charge is -2.58. The molecular weight excluding hydrogens is 368 g/mol. The van der Waals surface area contributed by atoms with Crippen molar-refractivity contribution in [3.05, 3.63) is 46.3 Å². The number of aliphatic hydroxyl groups is 1. The van der Waals surface area contributed by atoms with Crippen molar-refractivity contribution in [2.24, 2.45) is 11.8 Å². The van der Waals surface area contributed by atoms with Gasteiger partial charge in [0.1, 0.15) is 28.3 Å². The molecule has 1 aliphatic carbocycles. The number of rotatable bonds is 2. The molecule has 1 aromatic heterocycles. The maximum absolute atomic E-state index is 11.8. The highest BCUT2D eigenvalue weighted by atomic mass is 16.5. The van der Waals surface area contributed by atoms with Gasteiger partial charge in [-0.15, -0.1) is 0 Å². The van der Waals surface area contributed by atoms with Gasteiger partial charge in [-0.05, 0) is 53.5 Å². The smallest absolute Gasteiger partial charge is 0.336 e. The average molecular weight is 396 g/mol. The van der Waals surface area contributed by atoms with E-state index in [9.17, 15) is 9.90 Å². The van der Waals surface area contributed by atoms with Crippen LogP contribution in [0.1, 0.15) is 58.9 Å². The largest absolute Gasteiger partial charge is 0.487 e. The first-order valence-corrected chi connectivity index (χ1v) is 10.4. The molecule has 0 amide bonds. The van der Waals surface area contributed by atoms with E-state index in [-0.39, 0.29) is 23.1 Å². The zero-order valence-corrected chi connectivity index (χ0v) is 17.6. The van der Waals surface area contributed by atoms with Crippen molar-refractivity contribution < 1.29 is 19.0 Å². The third-order valence-electron chi connectivity index (χ3n) is 7.00. The van der Waals surface area contributed by atoms with Crippen molar-refractivity contribution in [2.45, 2.75) is 70.2 Å². The molecule has 1 fully saturated rings. The Morgan fingerprint density at radius 3 is 2.69 bits per heavy atom. The maximum Gasteiger partial charge on any atom is 0.336 e. The predicted molar refractivity (Wildman–Crippen MR) is 111 cm³/mol. The fourth-order valence-corrected chi connectivity index (χ4v) is 5.64. The molecule has 154 valence electrons. The van der Waals surface area contributed by atoms with Crippen LogP contribution in [-0.2, 0) is 0 Å². The van der Waals surface area contributed by atoms with Gasteiger partial charge in [0.05, 0.1) is 11.0 Å². The molecule has 0 saturated heterocycles. The molecular formula is C24H28O5. The van der Waals surface area contributed by atoms with Crippen LogP contribution in [-0.4, -0.2) is 21.9 Å². The second-order valence-corrected chi connectivity index (χ2v) is 10.1. The molecule has 1 aromatic carbocycles. The van der Waals surface area contributed by atoms with Gasteiger partial charge in [-0.1, -0.05) is 12.2 Å². The van der Waals surface area contributed by atoms with Crippen LogP contribution in [0.2, 0.25) is 0 Å². The van der Waals surface area contributed by atoms with Gasteiger partial charge < -0.3 is 19.0 Å². The summed E-state index contributed by atoms with van der Waals surface area (Å²) in [5.74, 6) is 2.18. The van der Waals surface area contributed by atoms with Gasteiger partial charge in [0.2, 0.25) is 0 Å². The van der Waals surface area contributed by atoms with Crippen LogP contribution in [0, 0.1) is 11.8 Å². The maximum atomic E-state index is 11.8.